The molecule has 0 bridgehead atoms. The second kappa shape index (κ2) is 8.51. The molecule has 1 amide bonds. The van der Waals surface area contributed by atoms with Gasteiger partial charge in [-0.25, -0.2) is 9.78 Å². The molecule has 2 aromatic rings. The van der Waals surface area contributed by atoms with E-state index in [1.807, 2.05) is 0 Å². The fourth-order valence-electron chi connectivity index (χ4n) is 2.02. The van der Waals surface area contributed by atoms with E-state index in [4.69, 9.17) is 27.9 Å². The van der Waals surface area contributed by atoms with Crippen molar-refractivity contribution in [3.63, 3.8) is 0 Å². The first-order chi connectivity index (χ1) is 11.8. The van der Waals surface area contributed by atoms with E-state index in [2.05, 4.69) is 15.6 Å². The average molecular weight is 402 g/mol. The molecule has 0 saturated carbocycles. The van der Waals surface area contributed by atoms with Crippen LogP contribution in [0.25, 0.3) is 0 Å². The van der Waals surface area contributed by atoms with Crippen LogP contribution in [0.5, 0.6) is 0 Å². The Bertz CT molecular complexity index is 782. The number of anilines is 1. The molecule has 2 rings (SSSR count). The van der Waals surface area contributed by atoms with Gasteiger partial charge in [0.25, 0.3) is 5.91 Å². The van der Waals surface area contributed by atoms with Gasteiger partial charge in [-0.15, -0.1) is 0 Å². The number of nitrogens with one attached hydrogen (secondary N) is 2. The van der Waals surface area contributed by atoms with Crippen molar-refractivity contribution < 1.29 is 14.3 Å². The molecule has 25 heavy (non-hydrogen) atoms. The molecule has 0 saturated heterocycles. The summed E-state index contributed by atoms with van der Waals surface area (Å²) in [5.41, 5.74) is 0.721. The second-order valence-electron chi connectivity index (χ2n) is 5.22. The van der Waals surface area contributed by atoms with Crippen molar-refractivity contribution in [2.24, 2.45) is 0 Å². The number of benzene rings is 1. The van der Waals surface area contributed by atoms with Crippen LogP contribution in [0.15, 0.2) is 24.4 Å². The fourth-order valence-corrected chi connectivity index (χ4v) is 3.24. The van der Waals surface area contributed by atoms with E-state index < -0.39 is 18.0 Å². The molecule has 1 aromatic carbocycles. The Labute approximate surface area is 159 Å². The number of carbonyl (C=O) groups is 2. The molecule has 9 heteroatoms. The standard InChI is InChI=1S/C16H17Cl2N3O3S/c1-8(11-5-4-10(17)6-12(11)18)21-14(22)9(2)24-15(23)13-7-20-16(19-3)25-13/h4-9H,1-3H3,(H,19,20)(H,21,22). The molecule has 0 radical (unpaired) electrons. The Hall–Kier alpha value is -1.83. The number of ether oxygens (including phenoxy) is 1. The van der Waals surface area contributed by atoms with E-state index in [0.29, 0.717) is 20.1 Å². The van der Waals surface area contributed by atoms with Gasteiger partial charge < -0.3 is 15.4 Å². The van der Waals surface area contributed by atoms with E-state index in [1.165, 1.54) is 13.1 Å². The first-order valence-corrected chi connectivity index (χ1v) is 8.99. The molecular weight excluding hydrogens is 385 g/mol. The van der Waals surface area contributed by atoms with Crippen molar-refractivity contribution in [2.45, 2.75) is 26.0 Å². The lowest BCUT2D eigenvalue weighted by atomic mass is 10.1. The number of esters is 1. The number of thiazole rings is 1. The summed E-state index contributed by atoms with van der Waals surface area (Å²) in [6, 6.07) is 4.67. The molecule has 0 fully saturated rings. The first-order valence-electron chi connectivity index (χ1n) is 7.41. The number of halogens is 2. The van der Waals surface area contributed by atoms with Crippen LogP contribution in [0.4, 0.5) is 5.13 Å². The van der Waals surface area contributed by atoms with Crippen molar-refractivity contribution in [3.05, 3.63) is 44.9 Å². The summed E-state index contributed by atoms with van der Waals surface area (Å²) in [6.45, 7) is 3.29. The van der Waals surface area contributed by atoms with E-state index >= 15 is 0 Å². The van der Waals surface area contributed by atoms with Gasteiger partial charge in [0.2, 0.25) is 0 Å². The summed E-state index contributed by atoms with van der Waals surface area (Å²) in [4.78, 5) is 28.6. The van der Waals surface area contributed by atoms with Crippen LogP contribution in [0.1, 0.15) is 35.1 Å². The number of carbonyl (C=O) groups excluding carboxylic acids is 2. The topological polar surface area (TPSA) is 80.3 Å². The van der Waals surface area contributed by atoms with E-state index in [9.17, 15) is 9.59 Å². The van der Waals surface area contributed by atoms with Crippen LogP contribution < -0.4 is 10.6 Å². The molecule has 0 aliphatic heterocycles. The van der Waals surface area contributed by atoms with Crippen LogP contribution >= 0.6 is 34.5 Å². The van der Waals surface area contributed by atoms with Crippen LogP contribution in [0.3, 0.4) is 0 Å². The zero-order valence-electron chi connectivity index (χ0n) is 13.8. The molecule has 2 atom stereocenters. The van der Waals surface area contributed by atoms with Gasteiger partial charge >= 0.3 is 5.97 Å². The Morgan fingerprint density at radius 3 is 2.60 bits per heavy atom. The lowest BCUT2D eigenvalue weighted by Gasteiger charge is -2.19. The van der Waals surface area contributed by atoms with Gasteiger partial charge in [0, 0.05) is 17.1 Å². The van der Waals surface area contributed by atoms with Crippen molar-refractivity contribution in [1.29, 1.82) is 0 Å². The number of amides is 1. The molecule has 2 unspecified atom stereocenters. The highest BCUT2D eigenvalue weighted by atomic mass is 35.5. The molecule has 134 valence electrons. The van der Waals surface area contributed by atoms with Gasteiger partial charge in [-0.05, 0) is 31.5 Å². The van der Waals surface area contributed by atoms with Crippen molar-refractivity contribution in [3.8, 4) is 0 Å². The van der Waals surface area contributed by atoms with Gasteiger partial charge in [0.1, 0.15) is 4.88 Å². The molecule has 1 heterocycles. The normalized spacial score (nSPS) is 13.0. The number of hydrogen-bond donors (Lipinski definition) is 2. The molecule has 0 aliphatic carbocycles. The summed E-state index contributed by atoms with van der Waals surface area (Å²) in [7, 11) is 1.70. The van der Waals surface area contributed by atoms with Crippen LogP contribution in [0.2, 0.25) is 10.0 Å². The number of hydrogen-bond acceptors (Lipinski definition) is 6. The molecular formula is C16H17Cl2N3O3S. The Kier molecular flexibility index (Phi) is 6.64. The van der Waals surface area contributed by atoms with Crippen LogP contribution in [0, 0.1) is 0 Å². The Morgan fingerprint density at radius 1 is 1.28 bits per heavy atom. The van der Waals surface area contributed by atoms with Crippen molar-refractivity contribution in [1.82, 2.24) is 10.3 Å². The summed E-state index contributed by atoms with van der Waals surface area (Å²) in [5.74, 6) is -1.02. The summed E-state index contributed by atoms with van der Waals surface area (Å²) >= 11 is 13.2. The maximum atomic E-state index is 12.3. The van der Waals surface area contributed by atoms with E-state index in [0.717, 1.165) is 16.9 Å². The van der Waals surface area contributed by atoms with Crippen LogP contribution in [-0.2, 0) is 9.53 Å². The minimum atomic E-state index is -0.957. The largest absolute Gasteiger partial charge is 0.448 e. The summed E-state index contributed by atoms with van der Waals surface area (Å²) < 4.78 is 5.18. The number of rotatable bonds is 6. The number of aromatic nitrogens is 1. The van der Waals surface area contributed by atoms with Gasteiger partial charge in [-0.2, -0.15) is 0 Å². The maximum Gasteiger partial charge on any atom is 0.350 e. The lowest BCUT2D eigenvalue weighted by Crippen LogP contribution is -2.37. The maximum absolute atomic E-state index is 12.3. The van der Waals surface area contributed by atoms with Gasteiger partial charge in [-0.1, -0.05) is 40.6 Å². The first kappa shape index (κ1) is 19.5. The van der Waals surface area contributed by atoms with Gasteiger partial charge in [0.05, 0.1) is 12.2 Å². The average Bonchev–Trinajstić information content (AvgIpc) is 3.03. The predicted octanol–water partition coefficient (Wildman–Crippen LogP) is 3.91. The predicted molar refractivity (Wildman–Crippen MR) is 99.6 cm³/mol. The van der Waals surface area contributed by atoms with Gasteiger partial charge in [-0.3, -0.25) is 4.79 Å². The van der Waals surface area contributed by atoms with Gasteiger partial charge in [0.15, 0.2) is 11.2 Å². The fraction of sp³-hybridized carbons (Fsp3) is 0.312. The van der Waals surface area contributed by atoms with E-state index in [-0.39, 0.29) is 6.04 Å². The third-order valence-electron chi connectivity index (χ3n) is 3.36. The molecule has 1 aromatic heterocycles. The minimum Gasteiger partial charge on any atom is -0.448 e. The van der Waals surface area contributed by atoms with Crippen molar-refractivity contribution >= 4 is 51.5 Å². The second-order valence-corrected chi connectivity index (χ2v) is 7.10. The van der Waals surface area contributed by atoms with E-state index in [1.54, 1.807) is 32.2 Å². The Balaban J connectivity index is 1.96. The molecule has 0 spiro atoms. The highest BCUT2D eigenvalue weighted by Gasteiger charge is 2.22. The molecule has 0 aliphatic rings. The summed E-state index contributed by atoms with van der Waals surface area (Å²) in [5, 5.41) is 7.15. The monoisotopic (exact) mass is 401 g/mol. The third-order valence-corrected chi connectivity index (χ3v) is 4.92. The lowest BCUT2D eigenvalue weighted by molar-refractivity contribution is -0.129. The smallest absolute Gasteiger partial charge is 0.350 e. The SMILES string of the molecule is CNc1ncc(C(=O)OC(C)C(=O)NC(C)c2ccc(Cl)cc2Cl)s1. The highest BCUT2D eigenvalue weighted by molar-refractivity contribution is 7.17. The molecule has 2 N–H and O–H groups in total. The minimum absolute atomic E-state index is 0.317. The quantitative estimate of drug-likeness (QED) is 0.716. The zero-order chi connectivity index (χ0) is 18.6. The van der Waals surface area contributed by atoms with Crippen LogP contribution in [-0.4, -0.2) is 30.0 Å². The highest BCUT2D eigenvalue weighted by Crippen LogP contribution is 2.26. The summed E-state index contributed by atoms with van der Waals surface area (Å²) in [6.07, 6.45) is 0.445. The Morgan fingerprint density at radius 2 is 2.00 bits per heavy atom. The molecule has 6 nitrogen and oxygen atoms in total. The third kappa shape index (κ3) is 5.07. The zero-order valence-corrected chi connectivity index (χ0v) is 16.1. The number of nitrogens with zero attached hydrogens (tertiary/aromatic N) is 1. The van der Waals surface area contributed by atoms with Crippen molar-refractivity contribution in [2.75, 3.05) is 12.4 Å².